The van der Waals surface area contributed by atoms with E-state index in [1.807, 2.05) is 12.3 Å². The van der Waals surface area contributed by atoms with Gasteiger partial charge >= 0.3 is 0 Å². The van der Waals surface area contributed by atoms with E-state index in [2.05, 4.69) is 16.0 Å². The molecular formula is C15H21ClN2. The Labute approximate surface area is 114 Å². The van der Waals surface area contributed by atoms with Crippen molar-refractivity contribution >= 4 is 17.4 Å². The van der Waals surface area contributed by atoms with E-state index in [1.54, 1.807) is 0 Å². The SMILES string of the molecule is ClCc1cccnc1N1CCC2(CCCCC2)C1. The molecule has 1 saturated carbocycles. The molecule has 1 saturated heterocycles. The lowest BCUT2D eigenvalue weighted by molar-refractivity contribution is 0.219. The molecular weight excluding hydrogens is 244 g/mol. The quantitative estimate of drug-likeness (QED) is 0.751. The highest BCUT2D eigenvalue weighted by Gasteiger charge is 2.39. The second-order valence-corrected chi connectivity index (χ2v) is 6.12. The van der Waals surface area contributed by atoms with Crippen LogP contribution in [-0.2, 0) is 5.88 Å². The van der Waals surface area contributed by atoms with E-state index < -0.39 is 0 Å². The third-order valence-electron chi connectivity index (χ3n) is 4.66. The Bertz CT molecular complexity index is 413. The molecule has 1 aromatic heterocycles. The Morgan fingerprint density at radius 2 is 2.06 bits per heavy atom. The fraction of sp³-hybridized carbons (Fsp3) is 0.667. The van der Waals surface area contributed by atoms with Gasteiger partial charge in [-0.15, -0.1) is 11.6 Å². The average molecular weight is 265 g/mol. The third-order valence-corrected chi connectivity index (χ3v) is 4.95. The van der Waals surface area contributed by atoms with Crippen LogP contribution in [0, 0.1) is 5.41 Å². The van der Waals surface area contributed by atoms with Gasteiger partial charge < -0.3 is 4.90 Å². The van der Waals surface area contributed by atoms with Crippen molar-refractivity contribution < 1.29 is 0 Å². The third kappa shape index (κ3) is 2.23. The lowest BCUT2D eigenvalue weighted by Crippen LogP contribution is -2.30. The van der Waals surface area contributed by atoms with Gasteiger partial charge in [-0.1, -0.05) is 25.3 Å². The van der Waals surface area contributed by atoms with Gasteiger partial charge in [-0.3, -0.25) is 0 Å². The molecule has 3 heteroatoms. The predicted molar refractivity (Wildman–Crippen MR) is 76.1 cm³/mol. The number of hydrogen-bond donors (Lipinski definition) is 0. The molecule has 1 spiro atoms. The van der Waals surface area contributed by atoms with E-state index in [-0.39, 0.29) is 0 Å². The van der Waals surface area contributed by atoms with Crippen molar-refractivity contribution in [2.24, 2.45) is 5.41 Å². The minimum atomic E-state index is 0.562. The highest BCUT2D eigenvalue weighted by atomic mass is 35.5. The molecule has 98 valence electrons. The van der Waals surface area contributed by atoms with E-state index >= 15 is 0 Å². The van der Waals surface area contributed by atoms with Crippen LogP contribution >= 0.6 is 11.6 Å². The van der Waals surface area contributed by atoms with Crippen molar-refractivity contribution in [2.75, 3.05) is 18.0 Å². The number of alkyl halides is 1. The summed E-state index contributed by atoms with van der Waals surface area (Å²) in [6.45, 7) is 2.34. The van der Waals surface area contributed by atoms with Crippen LogP contribution in [0.25, 0.3) is 0 Å². The highest BCUT2D eigenvalue weighted by Crippen LogP contribution is 2.44. The molecule has 2 heterocycles. The Balaban J connectivity index is 1.78. The first-order valence-electron chi connectivity index (χ1n) is 7.08. The van der Waals surface area contributed by atoms with Crippen LogP contribution in [0.2, 0.25) is 0 Å². The second-order valence-electron chi connectivity index (χ2n) is 5.85. The van der Waals surface area contributed by atoms with Crippen LogP contribution < -0.4 is 4.90 Å². The summed E-state index contributed by atoms with van der Waals surface area (Å²) in [7, 11) is 0. The summed E-state index contributed by atoms with van der Waals surface area (Å²) in [5, 5.41) is 0. The minimum absolute atomic E-state index is 0.562. The first-order valence-corrected chi connectivity index (χ1v) is 7.61. The topological polar surface area (TPSA) is 16.1 Å². The summed E-state index contributed by atoms with van der Waals surface area (Å²) in [6, 6.07) is 4.08. The molecule has 2 nitrogen and oxygen atoms in total. The van der Waals surface area contributed by atoms with Gasteiger partial charge in [-0.25, -0.2) is 4.98 Å². The molecule has 1 aliphatic carbocycles. The van der Waals surface area contributed by atoms with Crippen LogP contribution in [0.3, 0.4) is 0 Å². The van der Waals surface area contributed by atoms with Crippen molar-refractivity contribution in [3.8, 4) is 0 Å². The Morgan fingerprint density at radius 3 is 2.83 bits per heavy atom. The van der Waals surface area contributed by atoms with Crippen LogP contribution in [0.15, 0.2) is 18.3 Å². The maximum absolute atomic E-state index is 6.02. The monoisotopic (exact) mass is 264 g/mol. The van der Waals surface area contributed by atoms with Crippen LogP contribution in [-0.4, -0.2) is 18.1 Å². The first kappa shape index (κ1) is 12.3. The molecule has 0 amide bonds. The maximum atomic E-state index is 6.02. The van der Waals surface area contributed by atoms with Crippen molar-refractivity contribution in [3.63, 3.8) is 0 Å². The summed E-state index contributed by atoms with van der Waals surface area (Å²) < 4.78 is 0. The molecule has 0 atom stereocenters. The number of rotatable bonds is 2. The number of nitrogens with zero attached hydrogens (tertiary/aromatic N) is 2. The van der Waals surface area contributed by atoms with Crippen LogP contribution in [0.1, 0.15) is 44.1 Å². The average Bonchev–Trinajstić information content (AvgIpc) is 2.83. The number of anilines is 1. The van der Waals surface area contributed by atoms with E-state index in [0.717, 1.165) is 12.4 Å². The maximum Gasteiger partial charge on any atom is 0.132 e. The van der Waals surface area contributed by atoms with E-state index in [9.17, 15) is 0 Å². The van der Waals surface area contributed by atoms with E-state index in [1.165, 1.54) is 50.6 Å². The summed E-state index contributed by atoms with van der Waals surface area (Å²) in [5.74, 6) is 1.68. The number of halogens is 1. The van der Waals surface area contributed by atoms with Gasteiger partial charge in [0.1, 0.15) is 5.82 Å². The molecule has 1 aromatic rings. The molecule has 3 rings (SSSR count). The standard InChI is InChI=1S/C15H21ClN2/c16-11-13-5-4-9-17-14(13)18-10-8-15(12-18)6-2-1-3-7-15/h4-5,9H,1-3,6-8,10-12H2. The second kappa shape index (κ2) is 5.08. The molecule has 2 fully saturated rings. The number of pyridine rings is 1. The first-order chi connectivity index (χ1) is 8.83. The van der Waals surface area contributed by atoms with Crippen LogP contribution in [0.4, 0.5) is 5.82 Å². The van der Waals surface area contributed by atoms with E-state index in [0.29, 0.717) is 11.3 Å². The van der Waals surface area contributed by atoms with Crippen molar-refractivity contribution in [1.29, 1.82) is 0 Å². The van der Waals surface area contributed by atoms with Gasteiger partial charge in [-0.2, -0.15) is 0 Å². The predicted octanol–water partition coefficient (Wildman–Crippen LogP) is 3.98. The number of hydrogen-bond acceptors (Lipinski definition) is 2. The lowest BCUT2D eigenvalue weighted by Gasteiger charge is -2.33. The molecule has 18 heavy (non-hydrogen) atoms. The molecule has 0 unspecified atom stereocenters. The molecule has 0 bridgehead atoms. The summed E-state index contributed by atoms with van der Waals surface area (Å²) >= 11 is 6.02. The lowest BCUT2D eigenvalue weighted by atomic mass is 9.73. The zero-order chi connectivity index (χ0) is 12.4. The molecule has 0 aromatic carbocycles. The normalized spacial score (nSPS) is 22.6. The van der Waals surface area contributed by atoms with Crippen molar-refractivity contribution in [2.45, 2.75) is 44.4 Å². The summed E-state index contributed by atoms with van der Waals surface area (Å²) in [6.07, 6.45) is 10.3. The van der Waals surface area contributed by atoms with Crippen molar-refractivity contribution in [1.82, 2.24) is 4.98 Å². The molecule has 0 radical (unpaired) electrons. The largest absolute Gasteiger partial charge is 0.356 e. The van der Waals surface area contributed by atoms with Gasteiger partial charge in [0, 0.05) is 24.8 Å². The summed E-state index contributed by atoms with van der Waals surface area (Å²) in [5.41, 5.74) is 1.76. The van der Waals surface area contributed by atoms with Gasteiger partial charge in [0.05, 0.1) is 5.88 Å². The van der Waals surface area contributed by atoms with Gasteiger partial charge in [0.15, 0.2) is 0 Å². The van der Waals surface area contributed by atoms with Crippen molar-refractivity contribution in [3.05, 3.63) is 23.9 Å². The summed E-state index contributed by atoms with van der Waals surface area (Å²) in [4.78, 5) is 7.01. The Kier molecular flexibility index (Phi) is 3.47. The fourth-order valence-electron chi connectivity index (χ4n) is 3.65. The Morgan fingerprint density at radius 1 is 1.22 bits per heavy atom. The zero-order valence-corrected chi connectivity index (χ0v) is 11.6. The smallest absolute Gasteiger partial charge is 0.132 e. The van der Waals surface area contributed by atoms with Gasteiger partial charge in [0.2, 0.25) is 0 Å². The van der Waals surface area contributed by atoms with E-state index in [4.69, 9.17) is 11.6 Å². The molecule has 0 N–H and O–H groups in total. The van der Waals surface area contributed by atoms with Gasteiger partial charge in [0.25, 0.3) is 0 Å². The van der Waals surface area contributed by atoms with Crippen LogP contribution in [0.5, 0.6) is 0 Å². The Hall–Kier alpha value is -0.760. The molecule has 2 aliphatic rings. The number of aromatic nitrogens is 1. The zero-order valence-electron chi connectivity index (χ0n) is 10.9. The highest BCUT2D eigenvalue weighted by molar-refractivity contribution is 6.17. The molecule has 1 aliphatic heterocycles. The minimum Gasteiger partial charge on any atom is -0.356 e. The fourth-order valence-corrected chi connectivity index (χ4v) is 3.85. The van der Waals surface area contributed by atoms with Gasteiger partial charge in [-0.05, 0) is 30.7 Å².